The Hall–Kier alpha value is -2.08. The van der Waals surface area contributed by atoms with E-state index in [0.717, 1.165) is 37.0 Å². The van der Waals surface area contributed by atoms with Gasteiger partial charge in [-0.15, -0.1) is 0 Å². The molecule has 120 valence electrons. The Balaban J connectivity index is 2.07. The molecule has 1 aromatic carbocycles. The maximum absolute atomic E-state index is 12.1. The summed E-state index contributed by atoms with van der Waals surface area (Å²) in [7, 11) is 1.63. The Morgan fingerprint density at radius 2 is 1.82 bits per heavy atom. The van der Waals surface area contributed by atoms with Crippen LogP contribution in [0.3, 0.4) is 0 Å². The van der Waals surface area contributed by atoms with Crippen LogP contribution in [0, 0.1) is 0 Å². The number of amides is 2. The van der Waals surface area contributed by atoms with Crippen LogP contribution in [-0.2, 0) is 15.1 Å². The van der Waals surface area contributed by atoms with Crippen molar-refractivity contribution in [2.75, 3.05) is 20.2 Å². The van der Waals surface area contributed by atoms with E-state index in [0.29, 0.717) is 0 Å². The fourth-order valence-electron chi connectivity index (χ4n) is 2.94. The molecule has 1 aliphatic carbocycles. The number of ether oxygens (including phenoxy) is 1. The van der Waals surface area contributed by atoms with Gasteiger partial charge in [0.15, 0.2) is 0 Å². The lowest BCUT2D eigenvalue weighted by Crippen LogP contribution is -2.48. The fourth-order valence-corrected chi connectivity index (χ4v) is 2.94. The topological polar surface area (TPSA) is 93.5 Å². The summed E-state index contributed by atoms with van der Waals surface area (Å²) in [6.07, 6.45) is 3.94. The van der Waals surface area contributed by atoms with E-state index < -0.39 is 0 Å². The molecule has 1 aliphatic rings. The third-order valence-corrected chi connectivity index (χ3v) is 4.11. The molecule has 4 N–H and O–H groups in total. The van der Waals surface area contributed by atoms with Gasteiger partial charge in [0, 0.05) is 0 Å². The number of nitrogens with one attached hydrogen (secondary N) is 2. The summed E-state index contributed by atoms with van der Waals surface area (Å²) >= 11 is 0. The van der Waals surface area contributed by atoms with Crippen LogP contribution >= 0.6 is 0 Å². The van der Waals surface area contributed by atoms with Gasteiger partial charge in [0.2, 0.25) is 11.8 Å². The van der Waals surface area contributed by atoms with Crippen LogP contribution in [0.25, 0.3) is 0 Å². The van der Waals surface area contributed by atoms with Crippen LogP contribution in [0.2, 0.25) is 0 Å². The minimum absolute atomic E-state index is 0.0477. The maximum atomic E-state index is 12.1. The van der Waals surface area contributed by atoms with E-state index in [9.17, 15) is 9.59 Å². The normalized spacial score (nSPS) is 16.1. The van der Waals surface area contributed by atoms with Gasteiger partial charge in [-0.1, -0.05) is 25.0 Å². The minimum Gasteiger partial charge on any atom is -0.497 e. The Morgan fingerprint density at radius 1 is 1.18 bits per heavy atom. The fraction of sp³-hybridized carbons (Fsp3) is 0.500. The first kappa shape index (κ1) is 16.3. The zero-order chi connectivity index (χ0) is 16.0. The summed E-state index contributed by atoms with van der Waals surface area (Å²) in [5.74, 6) is 0.262. The van der Waals surface area contributed by atoms with Crippen molar-refractivity contribution in [3.05, 3.63) is 29.8 Å². The lowest BCUT2D eigenvalue weighted by molar-refractivity contribution is -0.126. The first-order chi connectivity index (χ1) is 10.6. The standard InChI is InChI=1S/C16H23N3O3/c1-22-13-6-4-12(5-7-13)16(8-2-3-9-16)19-15(21)11-18-14(20)10-17/h4-7H,2-3,8-11,17H2,1H3,(H,18,20)(H,19,21). The highest BCUT2D eigenvalue weighted by atomic mass is 16.5. The third kappa shape index (κ3) is 3.76. The molecule has 1 aromatic rings. The Kier molecular flexibility index (Phi) is 5.38. The van der Waals surface area contributed by atoms with Gasteiger partial charge in [-0.25, -0.2) is 0 Å². The van der Waals surface area contributed by atoms with Gasteiger partial charge in [0.25, 0.3) is 0 Å². The molecular formula is C16H23N3O3. The van der Waals surface area contributed by atoms with Gasteiger partial charge in [-0.2, -0.15) is 0 Å². The van der Waals surface area contributed by atoms with Crippen LogP contribution in [0.15, 0.2) is 24.3 Å². The highest BCUT2D eigenvalue weighted by molar-refractivity contribution is 5.85. The molecule has 0 atom stereocenters. The highest BCUT2D eigenvalue weighted by Crippen LogP contribution is 2.39. The predicted octanol–water partition coefficient (Wildman–Crippen LogP) is 0.656. The molecule has 0 saturated heterocycles. The average molecular weight is 305 g/mol. The molecule has 22 heavy (non-hydrogen) atoms. The van der Waals surface area contributed by atoms with Crippen LogP contribution in [0.1, 0.15) is 31.2 Å². The molecule has 0 unspecified atom stereocenters. The number of rotatable bonds is 6. The Bertz CT molecular complexity index is 522. The quantitative estimate of drug-likeness (QED) is 0.719. The molecule has 1 saturated carbocycles. The molecule has 2 amide bonds. The predicted molar refractivity (Wildman–Crippen MR) is 83.3 cm³/mol. The maximum Gasteiger partial charge on any atom is 0.240 e. The van der Waals surface area contributed by atoms with Crippen molar-refractivity contribution in [3.63, 3.8) is 0 Å². The summed E-state index contributed by atoms with van der Waals surface area (Å²) in [5.41, 5.74) is 5.93. The lowest BCUT2D eigenvalue weighted by atomic mass is 9.88. The van der Waals surface area contributed by atoms with Gasteiger partial charge in [0.1, 0.15) is 5.75 Å². The summed E-state index contributed by atoms with van der Waals surface area (Å²) in [6, 6.07) is 7.78. The number of hydrogen-bond acceptors (Lipinski definition) is 4. The van der Waals surface area contributed by atoms with E-state index in [2.05, 4.69) is 10.6 Å². The van der Waals surface area contributed by atoms with E-state index in [-0.39, 0.29) is 30.4 Å². The van der Waals surface area contributed by atoms with Gasteiger partial charge in [-0.3, -0.25) is 9.59 Å². The van der Waals surface area contributed by atoms with Gasteiger partial charge < -0.3 is 21.1 Å². The van der Waals surface area contributed by atoms with E-state index in [4.69, 9.17) is 10.5 Å². The zero-order valence-electron chi connectivity index (χ0n) is 12.9. The smallest absolute Gasteiger partial charge is 0.240 e. The van der Waals surface area contributed by atoms with Crippen LogP contribution in [-0.4, -0.2) is 32.0 Å². The second-order valence-electron chi connectivity index (χ2n) is 5.55. The van der Waals surface area contributed by atoms with Gasteiger partial charge in [-0.05, 0) is 30.5 Å². The van der Waals surface area contributed by atoms with E-state index in [1.165, 1.54) is 0 Å². The molecule has 0 heterocycles. The molecule has 6 nitrogen and oxygen atoms in total. The number of benzene rings is 1. The van der Waals surface area contributed by atoms with Crippen molar-refractivity contribution in [1.29, 1.82) is 0 Å². The van der Waals surface area contributed by atoms with Crippen LogP contribution < -0.4 is 21.1 Å². The molecule has 0 bridgehead atoms. The molecular weight excluding hydrogens is 282 g/mol. The highest BCUT2D eigenvalue weighted by Gasteiger charge is 2.36. The second kappa shape index (κ2) is 7.26. The zero-order valence-corrected chi connectivity index (χ0v) is 12.9. The molecule has 0 aliphatic heterocycles. The minimum atomic E-state index is -0.350. The second-order valence-corrected chi connectivity index (χ2v) is 5.55. The average Bonchev–Trinajstić information content (AvgIpc) is 3.02. The van der Waals surface area contributed by atoms with Crippen LogP contribution in [0.5, 0.6) is 5.75 Å². The van der Waals surface area contributed by atoms with Crippen molar-refractivity contribution in [1.82, 2.24) is 10.6 Å². The first-order valence-electron chi connectivity index (χ1n) is 7.52. The molecule has 2 rings (SSSR count). The number of hydrogen-bond donors (Lipinski definition) is 3. The molecule has 0 aromatic heterocycles. The number of carbonyl (C=O) groups excluding carboxylic acids is 2. The number of methoxy groups -OCH3 is 1. The molecule has 1 fully saturated rings. The van der Waals surface area contributed by atoms with Crippen molar-refractivity contribution < 1.29 is 14.3 Å². The van der Waals surface area contributed by atoms with Crippen molar-refractivity contribution in [2.45, 2.75) is 31.2 Å². The molecule has 0 radical (unpaired) electrons. The van der Waals surface area contributed by atoms with Crippen molar-refractivity contribution in [3.8, 4) is 5.75 Å². The van der Waals surface area contributed by atoms with Crippen LogP contribution in [0.4, 0.5) is 0 Å². The van der Waals surface area contributed by atoms with E-state index in [1.807, 2.05) is 24.3 Å². The summed E-state index contributed by atoms with van der Waals surface area (Å²) in [5, 5.41) is 5.59. The monoisotopic (exact) mass is 305 g/mol. The van der Waals surface area contributed by atoms with E-state index in [1.54, 1.807) is 7.11 Å². The molecule has 6 heteroatoms. The summed E-state index contributed by atoms with van der Waals surface area (Å²) in [4.78, 5) is 23.3. The van der Waals surface area contributed by atoms with Crippen molar-refractivity contribution >= 4 is 11.8 Å². The van der Waals surface area contributed by atoms with Gasteiger partial charge >= 0.3 is 0 Å². The summed E-state index contributed by atoms with van der Waals surface area (Å²) < 4.78 is 5.18. The molecule has 0 spiro atoms. The lowest BCUT2D eigenvalue weighted by Gasteiger charge is -2.31. The number of nitrogens with two attached hydrogens (primary N) is 1. The van der Waals surface area contributed by atoms with Gasteiger partial charge in [0.05, 0.1) is 25.7 Å². The Labute approximate surface area is 130 Å². The number of carbonyl (C=O) groups is 2. The summed E-state index contributed by atoms with van der Waals surface area (Å²) in [6.45, 7) is -0.162. The largest absolute Gasteiger partial charge is 0.497 e. The van der Waals surface area contributed by atoms with E-state index >= 15 is 0 Å². The third-order valence-electron chi connectivity index (χ3n) is 4.11. The SMILES string of the molecule is COc1ccc(C2(NC(=O)CNC(=O)CN)CCCC2)cc1. The first-order valence-corrected chi connectivity index (χ1v) is 7.52. The Morgan fingerprint density at radius 3 is 2.36 bits per heavy atom. The van der Waals surface area contributed by atoms with Crippen molar-refractivity contribution in [2.24, 2.45) is 5.73 Å².